The average Bonchev–Trinajstić information content (AvgIpc) is 2.97. The number of amides is 2. The predicted octanol–water partition coefficient (Wildman–Crippen LogP) is -0.156. The summed E-state index contributed by atoms with van der Waals surface area (Å²) in [5.41, 5.74) is 0.315. The van der Waals surface area contributed by atoms with E-state index in [1.807, 2.05) is 0 Å². The molecule has 112 valence electrons. The molecule has 1 N–H and O–H groups in total. The Morgan fingerprint density at radius 3 is 2.90 bits per heavy atom. The van der Waals surface area contributed by atoms with E-state index in [-0.39, 0.29) is 23.8 Å². The molecular formula is C14H18N4O3. The summed E-state index contributed by atoms with van der Waals surface area (Å²) < 4.78 is 5.46. The summed E-state index contributed by atoms with van der Waals surface area (Å²) in [4.78, 5) is 33.4. The van der Waals surface area contributed by atoms with Crippen LogP contribution in [-0.4, -0.2) is 59.0 Å². The lowest BCUT2D eigenvalue weighted by Crippen LogP contribution is -2.56. The minimum Gasteiger partial charge on any atom is -0.376 e. The van der Waals surface area contributed by atoms with Crippen molar-refractivity contribution in [3.05, 3.63) is 24.3 Å². The summed E-state index contributed by atoms with van der Waals surface area (Å²) in [5, 5.41) is 2.90. The lowest BCUT2D eigenvalue weighted by Gasteiger charge is -2.38. The van der Waals surface area contributed by atoms with E-state index in [0.717, 1.165) is 19.4 Å². The molecule has 0 bridgehead atoms. The van der Waals surface area contributed by atoms with E-state index in [1.54, 1.807) is 4.90 Å². The number of carbonyl (C=O) groups is 2. The van der Waals surface area contributed by atoms with Gasteiger partial charge in [-0.2, -0.15) is 0 Å². The largest absolute Gasteiger partial charge is 0.376 e. The molecule has 2 amide bonds. The standard InChI is InChI=1S/C14H18N4O3/c19-13(17-6-11-2-1-5-21-11)10-8-18(9-10)14(20)12-7-15-3-4-16-12/h3-4,7,10-11H,1-2,5-6,8-9H2,(H,17,19). The summed E-state index contributed by atoms with van der Waals surface area (Å²) in [7, 11) is 0. The Bertz CT molecular complexity index is 510. The van der Waals surface area contributed by atoms with Crippen molar-refractivity contribution in [2.75, 3.05) is 26.2 Å². The fraction of sp³-hybridized carbons (Fsp3) is 0.571. The van der Waals surface area contributed by atoms with Crippen LogP contribution in [0.5, 0.6) is 0 Å². The Morgan fingerprint density at radius 2 is 2.24 bits per heavy atom. The fourth-order valence-corrected chi connectivity index (χ4v) is 2.55. The molecule has 0 aliphatic carbocycles. The zero-order chi connectivity index (χ0) is 14.7. The number of nitrogens with zero attached hydrogens (tertiary/aromatic N) is 3. The number of likely N-dealkylation sites (tertiary alicyclic amines) is 1. The molecule has 7 nitrogen and oxygen atoms in total. The first-order chi connectivity index (χ1) is 10.2. The van der Waals surface area contributed by atoms with Crippen molar-refractivity contribution < 1.29 is 14.3 Å². The molecule has 2 saturated heterocycles. The number of aromatic nitrogens is 2. The van der Waals surface area contributed by atoms with Gasteiger partial charge < -0.3 is 15.0 Å². The molecule has 0 spiro atoms. The molecule has 3 heterocycles. The van der Waals surface area contributed by atoms with Gasteiger partial charge in [0.2, 0.25) is 5.91 Å². The third-order valence-corrected chi connectivity index (χ3v) is 3.85. The number of hydrogen-bond acceptors (Lipinski definition) is 5. The van der Waals surface area contributed by atoms with Gasteiger partial charge in [0.1, 0.15) is 5.69 Å². The maximum Gasteiger partial charge on any atom is 0.274 e. The quantitative estimate of drug-likeness (QED) is 0.833. The molecule has 7 heteroatoms. The highest BCUT2D eigenvalue weighted by Crippen LogP contribution is 2.18. The predicted molar refractivity (Wildman–Crippen MR) is 73.4 cm³/mol. The van der Waals surface area contributed by atoms with Crippen molar-refractivity contribution in [2.45, 2.75) is 18.9 Å². The Balaban J connectivity index is 1.42. The molecule has 0 aromatic carbocycles. The second kappa shape index (κ2) is 6.17. The van der Waals surface area contributed by atoms with E-state index in [2.05, 4.69) is 15.3 Å². The fourth-order valence-electron chi connectivity index (χ4n) is 2.55. The van der Waals surface area contributed by atoms with E-state index in [9.17, 15) is 9.59 Å². The van der Waals surface area contributed by atoms with Crippen LogP contribution < -0.4 is 5.32 Å². The van der Waals surface area contributed by atoms with Crippen LogP contribution in [0.25, 0.3) is 0 Å². The number of ether oxygens (including phenoxy) is 1. The number of hydrogen-bond donors (Lipinski definition) is 1. The highest BCUT2D eigenvalue weighted by Gasteiger charge is 2.36. The lowest BCUT2D eigenvalue weighted by atomic mass is 9.98. The first-order valence-corrected chi connectivity index (χ1v) is 7.18. The van der Waals surface area contributed by atoms with Gasteiger partial charge in [0.15, 0.2) is 0 Å². The third-order valence-electron chi connectivity index (χ3n) is 3.85. The van der Waals surface area contributed by atoms with Gasteiger partial charge in [-0.3, -0.25) is 14.6 Å². The van der Waals surface area contributed by atoms with Crippen molar-refractivity contribution in [1.82, 2.24) is 20.2 Å². The summed E-state index contributed by atoms with van der Waals surface area (Å²) in [6.07, 6.45) is 6.65. The second-order valence-corrected chi connectivity index (χ2v) is 5.38. The topological polar surface area (TPSA) is 84.4 Å². The summed E-state index contributed by atoms with van der Waals surface area (Å²) in [6.45, 7) is 2.22. The molecule has 3 rings (SSSR count). The Labute approximate surface area is 122 Å². The van der Waals surface area contributed by atoms with Crippen LogP contribution in [0.3, 0.4) is 0 Å². The maximum atomic E-state index is 12.0. The lowest BCUT2D eigenvalue weighted by molar-refractivity contribution is -0.129. The summed E-state index contributed by atoms with van der Waals surface area (Å²) in [5.74, 6) is -0.313. The van der Waals surface area contributed by atoms with Gasteiger partial charge in [0.25, 0.3) is 5.91 Å². The van der Waals surface area contributed by atoms with E-state index >= 15 is 0 Å². The molecule has 1 unspecified atom stereocenters. The van der Waals surface area contributed by atoms with Gasteiger partial charge in [-0.25, -0.2) is 4.98 Å². The van der Waals surface area contributed by atoms with Crippen LogP contribution in [0, 0.1) is 5.92 Å². The minimum atomic E-state index is -0.175. The Hall–Kier alpha value is -2.02. The smallest absolute Gasteiger partial charge is 0.274 e. The molecule has 1 aromatic rings. The van der Waals surface area contributed by atoms with E-state index in [1.165, 1.54) is 18.6 Å². The zero-order valence-corrected chi connectivity index (χ0v) is 11.7. The number of carbonyl (C=O) groups excluding carboxylic acids is 2. The van der Waals surface area contributed by atoms with Crippen molar-refractivity contribution in [3.8, 4) is 0 Å². The van der Waals surface area contributed by atoms with E-state index in [0.29, 0.717) is 25.3 Å². The van der Waals surface area contributed by atoms with Gasteiger partial charge in [-0.05, 0) is 12.8 Å². The normalized spacial score (nSPS) is 21.9. The van der Waals surface area contributed by atoms with Crippen LogP contribution in [0.1, 0.15) is 23.3 Å². The first-order valence-electron chi connectivity index (χ1n) is 7.18. The Morgan fingerprint density at radius 1 is 1.38 bits per heavy atom. The van der Waals surface area contributed by atoms with Crippen LogP contribution >= 0.6 is 0 Å². The van der Waals surface area contributed by atoms with Gasteiger partial charge in [-0.1, -0.05) is 0 Å². The highest BCUT2D eigenvalue weighted by atomic mass is 16.5. The van der Waals surface area contributed by atoms with Crippen molar-refractivity contribution in [1.29, 1.82) is 0 Å². The van der Waals surface area contributed by atoms with Gasteiger partial charge in [0.05, 0.1) is 18.2 Å². The number of nitrogens with one attached hydrogen (secondary N) is 1. The monoisotopic (exact) mass is 290 g/mol. The van der Waals surface area contributed by atoms with Crippen molar-refractivity contribution in [2.24, 2.45) is 5.92 Å². The summed E-state index contributed by atoms with van der Waals surface area (Å²) >= 11 is 0. The SMILES string of the molecule is O=C(NCC1CCCO1)C1CN(C(=O)c2cnccn2)C1. The molecule has 2 aliphatic heterocycles. The molecular weight excluding hydrogens is 272 g/mol. The van der Waals surface area contributed by atoms with Gasteiger partial charge in [0, 0.05) is 38.6 Å². The van der Waals surface area contributed by atoms with E-state index in [4.69, 9.17) is 4.74 Å². The van der Waals surface area contributed by atoms with Crippen LogP contribution in [0.4, 0.5) is 0 Å². The van der Waals surface area contributed by atoms with Gasteiger partial charge in [-0.15, -0.1) is 0 Å². The van der Waals surface area contributed by atoms with E-state index < -0.39 is 0 Å². The van der Waals surface area contributed by atoms with Crippen LogP contribution in [0.2, 0.25) is 0 Å². The first kappa shape index (κ1) is 13.9. The van der Waals surface area contributed by atoms with Crippen LogP contribution in [0.15, 0.2) is 18.6 Å². The second-order valence-electron chi connectivity index (χ2n) is 5.38. The molecule has 1 atom stereocenters. The maximum absolute atomic E-state index is 12.0. The van der Waals surface area contributed by atoms with Crippen molar-refractivity contribution >= 4 is 11.8 Å². The van der Waals surface area contributed by atoms with Crippen LogP contribution in [-0.2, 0) is 9.53 Å². The highest BCUT2D eigenvalue weighted by molar-refractivity contribution is 5.94. The Kier molecular flexibility index (Phi) is 4.10. The van der Waals surface area contributed by atoms with Gasteiger partial charge >= 0.3 is 0 Å². The minimum absolute atomic E-state index is 0.00584. The molecule has 21 heavy (non-hydrogen) atoms. The average molecular weight is 290 g/mol. The van der Waals surface area contributed by atoms with Crippen molar-refractivity contribution in [3.63, 3.8) is 0 Å². The zero-order valence-electron chi connectivity index (χ0n) is 11.7. The third kappa shape index (κ3) is 3.18. The summed E-state index contributed by atoms with van der Waals surface area (Å²) in [6, 6.07) is 0. The molecule has 2 fully saturated rings. The molecule has 2 aliphatic rings. The number of rotatable bonds is 4. The molecule has 0 saturated carbocycles. The molecule has 1 aromatic heterocycles. The molecule has 0 radical (unpaired) electrons.